The van der Waals surface area contributed by atoms with E-state index in [2.05, 4.69) is 5.16 Å². The van der Waals surface area contributed by atoms with Gasteiger partial charge in [-0.1, -0.05) is 25.9 Å². The Hall–Kier alpha value is -1.32. The summed E-state index contributed by atoms with van der Waals surface area (Å²) in [5, 5.41) is 4.04. The Morgan fingerprint density at radius 3 is 2.76 bits per heavy atom. The van der Waals surface area contributed by atoms with Gasteiger partial charge < -0.3 is 9.42 Å². The van der Waals surface area contributed by atoms with Crippen LogP contribution in [0.3, 0.4) is 0 Å². The first kappa shape index (κ1) is 12.1. The molecule has 1 aliphatic rings. The molecule has 0 bridgehead atoms. The summed E-state index contributed by atoms with van der Waals surface area (Å²) in [6.07, 6.45) is 2.02. The van der Waals surface area contributed by atoms with Gasteiger partial charge in [0.15, 0.2) is 0 Å². The molecule has 1 atom stereocenters. The van der Waals surface area contributed by atoms with Gasteiger partial charge in [0.1, 0.15) is 11.5 Å². The minimum atomic E-state index is -0.332. The van der Waals surface area contributed by atoms with E-state index in [1.165, 1.54) is 0 Å². The van der Waals surface area contributed by atoms with Gasteiger partial charge in [0.2, 0.25) is 5.91 Å². The highest BCUT2D eigenvalue weighted by molar-refractivity contribution is 5.82. The predicted molar refractivity (Wildman–Crippen MR) is 64.4 cm³/mol. The second-order valence-corrected chi connectivity index (χ2v) is 5.77. The minimum Gasteiger partial charge on any atom is -0.361 e. The van der Waals surface area contributed by atoms with E-state index >= 15 is 0 Å². The molecule has 1 aliphatic heterocycles. The number of amides is 1. The van der Waals surface area contributed by atoms with Crippen molar-refractivity contribution in [1.82, 2.24) is 10.1 Å². The Balaban J connectivity index is 2.21. The molecule has 0 spiro atoms. The van der Waals surface area contributed by atoms with E-state index in [1.807, 2.05) is 38.7 Å². The second-order valence-electron chi connectivity index (χ2n) is 5.77. The molecular formula is C13H20N2O2. The molecule has 2 rings (SSSR count). The summed E-state index contributed by atoms with van der Waals surface area (Å²) in [5.74, 6) is 0.996. The maximum Gasteiger partial charge on any atom is 0.228 e. The third-order valence-electron chi connectivity index (χ3n) is 3.14. The van der Waals surface area contributed by atoms with Crippen LogP contribution in [0.25, 0.3) is 0 Å². The smallest absolute Gasteiger partial charge is 0.228 e. The first-order valence-electron chi connectivity index (χ1n) is 6.14. The maximum atomic E-state index is 12.3. The van der Waals surface area contributed by atoms with Crippen molar-refractivity contribution >= 4 is 5.91 Å². The van der Waals surface area contributed by atoms with Crippen molar-refractivity contribution < 1.29 is 9.32 Å². The third-order valence-corrected chi connectivity index (χ3v) is 3.14. The largest absolute Gasteiger partial charge is 0.361 e. The second kappa shape index (κ2) is 4.17. The van der Waals surface area contributed by atoms with Crippen molar-refractivity contribution in [1.29, 1.82) is 0 Å². The molecular weight excluding hydrogens is 216 g/mol. The maximum absolute atomic E-state index is 12.3. The Morgan fingerprint density at radius 2 is 2.24 bits per heavy atom. The summed E-state index contributed by atoms with van der Waals surface area (Å²) in [6, 6.07) is 2.03. The fourth-order valence-corrected chi connectivity index (χ4v) is 2.29. The van der Waals surface area contributed by atoms with Crippen LogP contribution in [0.15, 0.2) is 10.6 Å². The van der Waals surface area contributed by atoms with Crippen molar-refractivity contribution in [3.05, 3.63) is 17.5 Å². The Morgan fingerprint density at radius 1 is 1.53 bits per heavy atom. The molecule has 4 nitrogen and oxygen atoms in total. The number of carbonyl (C=O) groups is 1. The molecule has 17 heavy (non-hydrogen) atoms. The van der Waals surface area contributed by atoms with Crippen LogP contribution >= 0.6 is 0 Å². The molecule has 0 N–H and O–H groups in total. The fourth-order valence-electron chi connectivity index (χ4n) is 2.29. The van der Waals surface area contributed by atoms with E-state index in [0.717, 1.165) is 30.8 Å². The molecule has 0 radical (unpaired) electrons. The van der Waals surface area contributed by atoms with Gasteiger partial charge in [-0.2, -0.15) is 0 Å². The number of rotatable bonds is 1. The minimum absolute atomic E-state index is 0.0965. The molecule has 2 heterocycles. The number of aryl methyl sites for hydroxylation is 1. The van der Waals surface area contributed by atoms with Crippen LogP contribution in [0.1, 0.15) is 51.1 Å². The zero-order chi connectivity index (χ0) is 12.6. The van der Waals surface area contributed by atoms with Crippen molar-refractivity contribution in [2.75, 3.05) is 6.54 Å². The van der Waals surface area contributed by atoms with Crippen LogP contribution in [0.4, 0.5) is 0 Å². The molecule has 1 aromatic rings. The highest BCUT2D eigenvalue weighted by Crippen LogP contribution is 2.34. The lowest BCUT2D eigenvalue weighted by atomic mass is 9.94. The average Bonchev–Trinajstić information content (AvgIpc) is 2.82. The van der Waals surface area contributed by atoms with E-state index in [9.17, 15) is 4.79 Å². The summed E-state index contributed by atoms with van der Waals surface area (Å²) in [5.41, 5.74) is 0.555. The quantitative estimate of drug-likeness (QED) is 0.753. The molecule has 0 saturated carbocycles. The van der Waals surface area contributed by atoms with Crippen LogP contribution in [0, 0.1) is 12.3 Å². The van der Waals surface area contributed by atoms with E-state index in [1.54, 1.807) is 0 Å². The van der Waals surface area contributed by atoms with Gasteiger partial charge in [0.05, 0.1) is 6.04 Å². The van der Waals surface area contributed by atoms with Gasteiger partial charge in [-0.05, 0) is 19.8 Å². The van der Waals surface area contributed by atoms with E-state index in [4.69, 9.17) is 4.52 Å². The van der Waals surface area contributed by atoms with Crippen LogP contribution in [-0.4, -0.2) is 22.5 Å². The van der Waals surface area contributed by atoms with Crippen LogP contribution < -0.4 is 0 Å². The molecule has 0 aromatic carbocycles. The fraction of sp³-hybridized carbons (Fsp3) is 0.692. The van der Waals surface area contributed by atoms with Gasteiger partial charge in [-0.15, -0.1) is 0 Å². The topological polar surface area (TPSA) is 46.3 Å². The zero-order valence-corrected chi connectivity index (χ0v) is 11.0. The van der Waals surface area contributed by atoms with Crippen molar-refractivity contribution in [2.24, 2.45) is 5.41 Å². The van der Waals surface area contributed by atoms with Crippen molar-refractivity contribution in [2.45, 2.75) is 46.6 Å². The molecule has 0 unspecified atom stereocenters. The molecule has 1 amide bonds. The van der Waals surface area contributed by atoms with Gasteiger partial charge in [-0.25, -0.2) is 0 Å². The van der Waals surface area contributed by atoms with Crippen molar-refractivity contribution in [3.8, 4) is 0 Å². The lowest BCUT2D eigenvalue weighted by Gasteiger charge is -2.29. The molecule has 4 heteroatoms. The highest BCUT2D eigenvalue weighted by atomic mass is 16.5. The lowest BCUT2D eigenvalue weighted by Crippen LogP contribution is -2.39. The summed E-state index contributed by atoms with van der Waals surface area (Å²) >= 11 is 0. The average molecular weight is 236 g/mol. The molecule has 1 saturated heterocycles. The van der Waals surface area contributed by atoms with E-state index in [-0.39, 0.29) is 17.4 Å². The zero-order valence-electron chi connectivity index (χ0n) is 11.0. The highest BCUT2D eigenvalue weighted by Gasteiger charge is 2.36. The first-order chi connectivity index (χ1) is 7.89. The van der Waals surface area contributed by atoms with Crippen LogP contribution in [0.2, 0.25) is 0 Å². The summed E-state index contributed by atoms with van der Waals surface area (Å²) in [4.78, 5) is 14.3. The van der Waals surface area contributed by atoms with Gasteiger partial charge >= 0.3 is 0 Å². The Kier molecular flexibility index (Phi) is 2.98. The number of likely N-dealkylation sites (tertiary alicyclic amines) is 1. The number of carbonyl (C=O) groups excluding carboxylic acids is 1. The molecule has 1 aromatic heterocycles. The predicted octanol–water partition coefficient (Wildman–Crippen LogP) is 2.69. The van der Waals surface area contributed by atoms with Gasteiger partial charge in [0, 0.05) is 18.0 Å². The van der Waals surface area contributed by atoms with Gasteiger partial charge in [-0.3, -0.25) is 4.79 Å². The van der Waals surface area contributed by atoms with Crippen LogP contribution in [0.5, 0.6) is 0 Å². The molecule has 1 fully saturated rings. The van der Waals surface area contributed by atoms with Gasteiger partial charge in [0.25, 0.3) is 0 Å². The molecule has 94 valence electrons. The summed E-state index contributed by atoms with van der Waals surface area (Å²) in [6.45, 7) is 8.57. The SMILES string of the molecule is Cc1cc([C@@H]2CCCN2C(=O)C(C)(C)C)no1. The number of nitrogens with zero attached hydrogens (tertiary/aromatic N) is 2. The summed E-state index contributed by atoms with van der Waals surface area (Å²) < 4.78 is 5.10. The number of aromatic nitrogens is 1. The number of hydrogen-bond donors (Lipinski definition) is 0. The monoisotopic (exact) mass is 236 g/mol. The van der Waals surface area contributed by atoms with E-state index < -0.39 is 0 Å². The number of hydrogen-bond acceptors (Lipinski definition) is 3. The Bertz CT molecular complexity index is 417. The van der Waals surface area contributed by atoms with Crippen molar-refractivity contribution in [3.63, 3.8) is 0 Å². The summed E-state index contributed by atoms with van der Waals surface area (Å²) in [7, 11) is 0. The first-order valence-corrected chi connectivity index (χ1v) is 6.14. The van der Waals surface area contributed by atoms with E-state index in [0.29, 0.717) is 0 Å². The standard InChI is InChI=1S/C13H20N2O2/c1-9-8-10(14-17-9)11-6-5-7-15(11)12(16)13(2,3)4/h8,11H,5-7H2,1-4H3/t11-/m0/s1. The third kappa shape index (κ3) is 2.35. The molecule has 0 aliphatic carbocycles. The normalized spacial score (nSPS) is 20.9. The lowest BCUT2D eigenvalue weighted by molar-refractivity contribution is -0.140. The van der Waals surface area contributed by atoms with Crippen LogP contribution in [-0.2, 0) is 4.79 Å². The Labute approximate surface area is 102 Å².